The van der Waals surface area contributed by atoms with Crippen molar-refractivity contribution in [2.75, 3.05) is 24.7 Å². The van der Waals surface area contributed by atoms with E-state index in [2.05, 4.69) is 0 Å². The molecule has 3 aromatic carbocycles. The summed E-state index contributed by atoms with van der Waals surface area (Å²) in [5, 5.41) is 0. The van der Waals surface area contributed by atoms with E-state index in [1.54, 1.807) is 29.2 Å². The molecule has 5 heteroatoms. The Morgan fingerprint density at radius 2 is 1.72 bits per heavy atom. The van der Waals surface area contributed by atoms with E-state index in [-0.39, 0.29) is 11.5 Å². The monoisotopic (exact) mass is 389 g/mol. The van der Waals surface area contributed by atoms with Crippen LogP contribution in [-0.4, -0.2) is 25.7 Å². The maximum absolute atomic E-state index is 13.7. The second-order valence-electron chi connectivity index (χ2n) is 6.57. The van der Waals surface area contributed by atoms with E-state index in [1.165, 1.54) is 18.2 Å². The normalized spacial score (nSPS) is 12.7. The zero-order valence-corrected chi connectivity index (χ0v) is 15.8. The summed E-state index contributed by atoms with van der Waals surface area (Å²) in [7, 11) is 0. The molecule has 0 bridgehead atoms. The molecule has 0 radical (unpaired) electrons. The van der Waals surface area contributed by atoms with Gasteiger partial charge >= 0.3 is 0 Å². The first kappa shape index (κ1) is 18.7. The highest BCUT2D eigenvalue weighted by Gasteiger charge is 2.20. The summed E-state index contributed by atoms with van der Waals surface area (Å²) in [5.74, 6) is 0.507. The molecule has 0 aliphatic carbocycles. The second-order valence-corrected chi connectivity index (χ2v) is 6.57. The van der Waals surface area contributed by atoms with Gasteiger partial charge in [-0.3, -0.25) is 4.79 Å². The van der Waals surface area contributed by atoms with Crippen molar-refractivity contribution in [3.8, 4) is 11.5 Å². The summed E-state index contributed by atoms with van der Waals surface area (Å²) >= 11 is 0. The van der Waals surface area contributed by atoms with Gasteiger partial charge in [0.15, 0.2) is 11.5 Å². The van der Waals surface area contributed by atoms with Crippen molar-refractivity contribution in [3.63, 3.8) is 0 Å². The lowest BCUT2D eigenvalue weighted by atomic mass is 10.1. The van der Waals surface area contributed by atoms with Crippen LogP contribution in [0.4, 0.5) is 10.1 Å². The van der Waals surface area contributed by atoms with Gasteiger partial charge in [0.05, 0.1) is 0 Å². The van der Waals surface area contributed by atoms with Crippen LogP contribution in [-0.2, 0) is 0 Å². The number of hydrogen-bond donors (Lipinski definition) is 0. The summed E-state index contributed by atoms with van der Waals surface area (Å²) in [4.78, 5) is 14.8. The average molecular weight is 389 g/mol. The minimum atomic E-state index is -0.446. The van der Waals surface area contributed by atoms with E-state index in [0.717, 1.165) is 5.56 Å². The minimum Gasteiger partial charge on any atom is -0.486 e. The third kappa shape index (κ3) is 4.46. The summed E-state index contributed by atoms with van der Waals surface area (Å²) < 4.78 is 24.9. The van der Waals surface area contributed by atoms with Crippen LogP contribution in [0.2, 0.25) is 0 Å². The molecule has 4 rings (SSSR count). The molecule has 29 heavy (non-hydrogen) atoms. The number of carbonyl (C=O) groups excluding carboxylic acids is 1. The molecule has 1 amide bonds. The van der Waals surface area contributed by atoms with Crippen molar-refractivity contribution >= 4 is 17.7 Å². The van der Waals surface area contributed by atoms with Crippen LogP contribution in [0.3, 0.4) is 0 Å². The lowest BCUT2D eigenvalue weighted by Crippen LogP contribution is -2.31. The number of halogens is 1. The number of nitrogens with zero attached hydrogens (tertiary/aromatic N) is 1. The molecule has 0 spiro atoms. The molecule has 0 atom stereocenters. The number of hydrogen-bond acceptors (Lipinski definition) is 3. The molecule has 146 valence electrons. The fourth-order valence-corrected chi connectivity index (χ4v) is 3.14. The molecule has 0 fully saturated rings. The average Bonchev–Trinajstić information content (AvgIpc) is 2.77. The molecule has 0 aromatic heterocycles. The van der Waals surface area contributed by atoms with Gasteiger partial charge in [-0.05, 0) is 35.9 Å². The van der Waals surface area contributed by atoms with Crippen LogP contribution in [0.5, 0.6) is 11.5 Å². The first-order valence-electron chi connectivity index (χ1n) is 9.39. The Labute approximate surface area is 168 Å². The van der Waals surface area contributed by atoms with Gasteiger partial charge in [-0.2, -0.15) is 0 Å². The van der Waals surface area contributed by atoms with Crippen molar-refractivity contribution in [1.82, 2.24) is 0 Å². The van der Waals surface area contributed by atoms with Crippen LogP contribution < -0.4 is 14.4 Å². The lowest BCUT2D eigenvalue weighted by Gasteiger charge is -2.24. The van der Waals surface area contributed by atoms with E-state index in [9.17, 15) is 9.18 Å². The SMILES string of the molecule is O=C(c1cccc(F)c1)N(C/C=C/c1ccccc1)c1ccc2c(c1)OCCO2. The number of anilines is 1. The molecular formula is C24H20FNO3. The van der Waals surface area contributed by atoms with Crippen LogP contribution in [0.1, 0.15) is 15.9 Å². The number of fused-ring (bicyclic) bond motifs is 1. The molecule has 1 heterocycles. The fourth-order valence-electron chi connectivity index (χ4n) is 3.14. The van der Waals surface area contributed by atoms with Crippen molar-refractivity contribution < 1.29 is 18.7 Å². The first-order valence-corrected chi connectivity index (χ1v) is 9.39. The summed E-state index contributed by atoms with van der Waals surface area (Å²) in [5.41, 5.74) is 1.97. The Bertz CT molecular complexity index is 1030. The maximum atomic E-state index is 13.7. The number of ether oxygens (including phenoxy) is 2. The molecule has 1 aliphatic heterocycles. The summed E-state index contributed by atoms with van der Waals surface area (Å²) in [6.45, 7) is 1.28. The zero-order valence-electron chi connectivity index (χ0n) is 15.8. The predicted molar refractivity (Wildman–Crippen MR) is 111 cm³/mol. The fraction of sp³-hybridized carbons (Fsp3) is 0.125. The maximum Gasteiger partial charge on any atom is 0.258 e. The molecular weight excluding hydrogens is 369 g/mol. The van der Waals surface area contributed by atoms with Gasteiger partial charge in [0.1, 0.15) is 19.0 Å². The Kier molecular flexibility index (Phi) is 5.56. The minimum absolute atomic E-state index is 0.285. The molecule has 4 nitrogen and oxygen atoms in total. The predicted octanol–water partition coefficient (Wildman–Crippen LogP) is 4.96. The smallest absolute Gasteiger partial charge is 0.258 e. The quantitative estimate of drug-likeness (QED) is 0.619. The van der Waals surface area contributed by atoms with E-state index >= 15 is 0 Å². The number of carbonyl (C=O) groups is 1. The Hall–Kier alpha value is -3.60. The third-order valence-corrected chi connectivity index (χ3v) is 4.55. The van der Waals surface area contributed by atoms with Gasteiger partial charge in [-0.1, -0.05) is 48.6 Å². The van der Waals surface area contributed by atoms with E-state index < -0.39 is 5.82 Å². The van der Waals surface area contributed by atoms with E-state index in [0.29, 0.717) is 36.9 Å². The van der Waals surface area contributed by atoms with Crippen LogP contribution >= 0.6 is 0 Å². The summed E-state index contributed by atoms with van der Waals surface area (Å²) in [6, 6.07) is 20.9. The van der Waals surface area contributed by atoms with Crippen molar-refractivity contribution in [1.29, 1.82) is 0 Å². The molecule has 0 unspecified atom stereocenters. The highest BCUT2D eigenvalue weighted by Crippen LogP contribution is 2.34. The van der Waals surface area contributed by atoms with Gasteiger partial charge in [0, 0.05) is 23.9 Å². The van der Waals surface area contributed by atoms with E-state index in [1.807, 2.05) is 42.5 Å². The van der Waals surface area contributed by atoms with Crippen LogP contribution in [0.15, 0.2) is 78.9 Å². The van der Waals surface area contributed by atoms with Crippen LogP contribution in [0.25, 0.3) is 6.08 Å². The third-order valence-electron chi connectivity index (χ3n) is 4.55. The lowest BCUT2D eigenvalue weighted by molar-refractivity contribution is 0.0989. The Morgan fingerprint density at radius 1 is 0.931 bits per heavy atom. The van der Waals surface area contributed by atoms with Gasteiger partial charge in [-0.25, -0.2) is 4.39 Å². The highest BCUT2D eigenvalue weighted by molar-refractivity contribution is 6.06. The van der Waals surface area contributed by atoms with Gasteiger partial charge in [0.2, 0.25) is 0 Å². The topological polar surface area (TPSA) is 38.8 Å². The molecule has 1 aliphatic rings. The number of benzene rings is 3. The molecule has 3 aromatic rings. The van der Waals surface area contributed by atoms with Crippen LogP contribution in [0, 0.1) is 5.82 Å². The van der Waals surface area contributed by atoms with Crippen molar-refractivity contribution in [3.05, 3.63) is 95.8 Å². The number of amides is 1. The second kappa shape index (κ2) is 8.61. The Morgan fingerprint density at radius 3 is 2.52 bits per heavy atom. The number of rotatable bonds is 5. The largest absolute Gasteiger partial charge is 0.486 e. The molecule has 0 saturated carbocycles. The highest BCUT2D eigenvalue weighted by atomic mass is 19.1. The van der Waals surface area contributed by atoms with Gasteiger partial charge in [-0.15, -0.1) is 0 Å². The zero-order chi connectivity index (χ0) is 20.1. The van der Waals surface area contributed by atoms with Gasteiger partial charge < -0.3 is 14.4 Å². The van der Waals surface area contributed by atoms with Crippen molar-refractivity contribution in [2.45, 2.75) is 0 Å². The van der Waals surface area contributed by atoms with Crippen molar-refractivity contribution in [2.24, 2.45) is 0 Å². The standard InChI is InChI=1S/C24H20FNO3/c25-20-10-4-9-19(16-20)24(27)26(13-5-8-18-6-2-1-3-7-18)21-11-12-22-23(17-21)29-15-14-28-22/h1-12,16-17H,13-15H2/b8-5+. The Balaban J connectivity index is 1.65. The summed E-state index contributed by atoms with van der Waals surface area (Å²) in [6.07, 6.45) is 3.85. The van der Waals surface area contributed by atoms with E-state index in [4.69, 9.17) is 9.47 Å². The first-order chi connectivity index (χ1) is 14.2. The molecule has 0 saturated heterocycles. The molecule has 0 N–H and O–H groups in total. The van der Waals surface area contributed by atoms with Gasteiger partial charge in [0.25, 0.3) is 5.91 Å².